The highest BCUT2D eigenvalue weighted by Gasteiger charge is 2.04. The first-order valence-corrected chi connectivity index (χ1v) is 6.57. The van der Waals surface area contributed by atoms with Crippen molar-refractivity contribution in [2.75, 3.05) is 13.7 Å². The maximum atomic E-state index is 10.9. The molecule has 0 bridgehead atoms. The Kier molecular flexibility index (Phi) is 8.13. The molecule has 0 spiro atoms. The molecule has 108 valence electrons. The molecule has 1 atom stereocenters. The summed E-state index contributed by atoms with van der Waals surface area (Å²) in [5, 5.41) is 9.51. The van der Waals surface area contributed by atoms with Gasteiger partial charge in [0.15, 0.2) is 0 Å². The van der Waals surface area contributed by atoms with Crippen LogP contribution in [0.25, 0.3) is 0 Å². The summed E-state index contributed by atoms with van der Waals surface area (Å²) in [6.45, 7) is 1.08. The Morgan fingerprint density at radius 1 is 1.35 bits per heavy atom. The molecule has 0 saturated carbocycles. The van der Waals surface area contributed by atoms with Crippen LogP contribution in [0.2, 0.25) is 0 Å². The Hall–Kier alpha value is -1.83. The molecular weight excluding hydrogens is 256 g/mol. The predicted molar refractivity (Wildman–Crippen MR) is 75.7 cm³/mol. The van der Waals surface area contributed by atoms with E-state index in [4.69, 9.17) is 4.74 Å². The van der Waals surface area contributed by atoms with Crippen molar-refractivity contribution in [2.45, 2.75) is 32.0 Å². The molecule has 0 radical (unpaired) electrons. The van der Waals surface area contributed by atoms with Crippen molar-refractivity contribution in [1.29, 1.82) is 0 Å². The Morgan fingerprint density at radius 3 is 2.80 bits per heavy atom. The highest BCUT2D eigenvalue weighted by atomic mass is 16.5. The van der Waals surface area contributed by atoms with Gasteiger partial charge in [0.25, 0.3) is 0 Å². The van der Waals surface area contributed by atoms with E-state index in [1.807, 2.05) is 30.3 Å². The average molecular weight is 276 g/mol. The zero-order chi connectivity index (χ0) is 14.6. The second-order valence-electron chi connectivity index (χ2n) is 4.24. The molecule has 1 N–H and O–H groups in total. The first kappa shape index (κ1) is 16.2. The number of carbonyl (C=O) groups is 1. The van der Waals surface area contributed by atoms with Crippen LogP contribution in [0.5, 0.6) is 0 Å². The molecule has 4 heteroatoms. The van der Waals surface area contributed by atoms with Gasteiger partial charge in [-0.1, -0.05) is 42.2 Å². The van der Waals surface area contributed by atoms with Crippen molar-refractivity contribution in [3.63, 3.8) is 0 Å². The Labute approximate surface area is 119 Å². The van der Waals surface area contributed by atoms with Crippen LogP contribution in [0, 0.1) is 11.8 Å². The van der Waals surface area contributed by atoms with Crippen molar-refractivity contribution >= 4 is 5.97 Å². The fourth-order valence-electron chi connectivity index (χ4n) is 1.51. The van der Waals surface area contributed by atoms with Crippen LogP contribution < -0.4 is 0 Å². The van der Waals surface area contributed by atoms with Crippen LogP contribution in [-0.4, -0.2) is 30.9 Å². The van der Waals surface area contributed by atoms with E-state index in [1.54, 1.807) is 0 Å². The van der Waals surface area contributed by atoms with Crippen LogP contribution in [0.4, 0.5) is 0 Å². The van der Waals surface area contributed by atoms with E-state index >= 15 is 0 Å². The molecule has 0 aliphatic carbocycles. The van der Waals surface area contributed by atoms with E-state index in [2.05, 4.69) is 16.6 Å². The Morgan fingerprint density at radius 2 is 2.10 bits per heavy atom. The monoisotopic (exact) mass is 276 g/mol. The Balaban J connectivity index is 2.09. The largest absolute Gasteiger partial charge is 0.469 e. The van der Waals surface area contributed by atoms with E-state index in [0.717, 1.165) is 5.56 Å². The number of esters is 1. The van der Waals surface area contributed by atoms with Crippen molar-refractivity contribution < 1.29 is 19.4 Å². The van der Waals surface area contributed by atoms with Gasteiger partial charge in [-0.05, 0) is 12.0 Å². The van der Waals surface area contributed by atoms with Gasteiger partial charge < -0.3 is 14.6 Å². The summed E-state index contributed by atoms with van der Waals surface area (Å²) in [7, 11) is 1.32. The highest BCUT2D eigenvalue weighted by Crippen LogP contribution is 2.01. The number of carbonyl (C=O) groups excluding carboxylic acids is 1. The average Bonchev–Trinajstić information content (AvgIpc) is 2.49. The number of rotatable bonds is 7. The topological polar surface area (TPSA) is 55.8 Å². The lowest BCUT2D eigenvalue weighted by atomic mass is 10.2. The zero-order valence-corrected chi connectivity index (χ0v) is 11.7. The molecule has 0 heterocycles. The van der Waals surface area contributed by atoms with Crippen LogP contribution in [0.15, 0.2) is 30.3 Å². The lowest BCUT2D eigenvalue weighted by molar-refractivity contribution is -0.141. The molecule has 0 aliphatic heterocycles. The van der Waals surface area contributed by atoms with Gasteiger partial charge in [0.05, 0.1) is 20.3 Å². The molecule has 4 nitrogen and oxygen atoms in total. The third-order valence-corrected chi connectivity index (χ3v) is 2.60. The molecule has 0 saturated heterocycles. The maximum Gasteiger partial charge on any atom is 0.305 e. The van der Waals surface area contributed by atoms with Crippen LogP contribution >= 0.6 is 0 Å². The van der Waals surface area contributed by atoms with Gasteiger partial charge in [-0.25, -0.2) is 0 Å². The van der Waals surface area contributed by atoms with Gasteiger partial charge in [-0.15, -0.1) is 0 Å². The lowest BCUT2D eigenvalue weighted by Crippen LogP contribution is -2.08. The summed E-state index contributed by atoms with van der Waals surface area (Å²) in [5.74, 6) is 5.18. The first-order valence-electron chi connectivity index (χ1n) is 6.57. The number of hydrogen-bond acceptors (Lipinski definition) is 4. The third-order valence-electron chi connectivity index (χ3n) is 2.60. The normalized spacial score (nSPS) is 11.3. The molecule has 1 aromatic rings. The fraction of sp³-hybridized carbons (Fsp3) is 0.438. The second-order valence-corrected chi connectivity index (χ2v) is 4.24. The third kappa shape index (κ3) is 7.57. The molecule has 0 unspecified atom stereocenters. The smallest absolute Gasteiger partial charge is 0.305 e. The maximum absolute atomic E-state index is 10.9. The van der Waals surface area contributed by atoms with Gasteiger partial charge in [0, 0.05) is 12.8 Å². The molecule has 0 amide bonds. The molecule has 1 aromatic carbocycles. The summed E-state index contributed by atoms with van der Waals surface area (Å²) in [6, 6.07) is 9.90. The van der Waals surface area contributed by atoms with Crippen LogP contribution in [-0.2, 0) is 20.9 Å². The molecular formula is C16H20O4. The number of methoxy groups -OCH3 is 1. The number of aliphatic hydroxyl groups excluding tert-OH is 1. The fourth-order valence-corrected chi connectivity index (χ4v) is 1.51. The summed E-state index contributed by atoms with van der Waals surface area (Å²) >= 11 is 0. The first-order chi connectivity index (χ1) is 9.72. The van der Waals surface area contributed by atoms with Gasteiger partial charge in [0.2, 0.25) is 0 Å². The summed E-state index contributed by atoms with van der Waals surface area (Å²) in [4.78, 5) is 10.9. The molecule has 0 fully saturated rings. The summed E-state index contributed by atoms with van der Waals surface area (Å²) in [6.07, 6.45) is 0.243. The number of aliphatic hydroxyl groups is 1. The van der Waals surface area contributed by atoms with Gasteiger partial charge in [0.1, 0.15) is 6.10 Å². The standard InChI is InChI=1S/C16H20O4/c1-19-16(18)11-10-15(17)9-5-6-12-20-13-14-7-3-2-4-8-14/h2-4,7-8,15,17H,6,10-13H2,1H3/t15-/m0/s1. The number of hydrogen-bond donors (Lipinski definition) is 1. The summed E-state index contributed by atoms with van der Waals surface area (Å²) in [5.41, 5.74) is 1.12. The van der Waals surface area contributed by atoms with Crippen molar-refractivity contribution in [3.8, 4) is 11.8 Å². The van der Waals surface area contributed by atoms with Crippen LogP contribution in [0.3, 0.4) is 0 Å². The SMILES string of the molecule is COC(=O)CC[C@@H](O)C#CCCOCc1ccccc1. The molecule has 1 rings (SSSR count). The molecule has 0 aromatic heterocycles. The minimum Gasteiger partial charge on any atom is -0.469 e. The van der Waals surface area contributed by atoms with Crippen molar-refractivity contribution in [2.24, 2.45) is 0 Å². The summed E-state index contributed by atoms with van der Waals surface area (Å²) < 4.78 is 9.94. The van der Waals surface area contributed by atoms with Gasteiger partial charge in [-0.3, -0.25) is 4.79 Å². The molecule has 0 aliphatic rings. The second kappa shape index (κ2) is 10.0. The predicted octanol–water partition coefficient (Wildman–Crippen LogP) is 1.91. The molecule has 20 heavy (non-hydrogen) atoms. The van der Waals surface area contributed by atoms with E-state index in [0.29, 0.717) is 26.1 Å². The van der Waals surface area contributed by atoms with Crippen molar-refractivity contribution in [3.05, 3.63) is 35.9 Å². The zero-order valence-electron chi connectivity index (χ0n) is 11.7. The highest BCUT2D eigenvalue weighted by molar-refractivity contribution is 5.69. The minimum absolute atomic E-state index is 0.177. The van der Waals surface area contributed by atoms with E-state index in [9.17, 15) is 9.90 Å². The van der Waals surface area contributed by atoms with E-state index in [1.165, 1.54) is 7.11 Å². The van der Waals surface area contributed by atoms with Crippen LogP contribution in [0.1, 0.15) is 24.8 Å². The lowest BCUT2D eigenvalue weighted by Gasteiger charge is -2.02. The Bertz CT molecular complexity index is 445. The quantitative estimate of drug-likeness (QED) is 0.469. The number of benzene rings is 1. The van der Waals surface area contributed by atoms with Crippen molar-refractivity contribution in [1.82, 2.24) is 0 Å². The van der Waals surface area contributed by atoms with Gasteiger partial charge >= 0.3 is 5.97 Å². The van der Waals surface area contributed by atoms with Gasteiger partial charge in [-0.2, -0.15) is 0 Å². The van der Waals surface area contributed by atoms with E-state index in [-0.39, 0.29) is 12.4 Å². The minimum atomic E-state index is -0.789. The number of ether oxygens (including phenoxy) is 2. The van der Waals surface area contributed by atoms with E-state index < -0.39 is 6.10 Å².